The molecule has 2 N–H and O–H groups in total. The van der Waals surface area contributed by atoms with Gasteiger partial charge in [0.1, 0.15) is 11.9 Å². The summed E-state index contributed by atoms with van der Waals surface area (Å²) < 4.78 is 5.14. The van der Waals surface area contributed by atoms with E-state index in [-0.39, 0.29) is 0 Å². The molecular formula is C17H27N3O3. The number of rotatable bonds is 8. The van der Waals surface area contributed by atoms with E-state index in [1.54, 1.807) is 27.0 Å². The molecule has 0 aliphatic carbocycles. The number of nitrogens with zero attached hydrogens (tertiary/aromatic N) is 1. The van der Waals surface area contributed by atoms with Crippen molar-refractivity contribution in [2.24, 2.45) is 0 Å². The highest BCUT2D eigenvalue weighted by Crippen LogP contribution is 2.11. The first-order chi connectivity index (χ1) is 10.8. The minimum Gasteiger partial charge on any atom is -0.444 e. The lowest BCUT2D eigenvalue weighted by Gasteiger charge is -2.21. The van der Waals surface area contributed by atoms with Crippen LogP contribution in [-0.4, -0.2) is 35.6 Å². The minimum atomic E-state index is -0.566. The van der Waals surface area contributed by atoms with Crippen LogP contribution >= 0.6 is 0 Å². The number of hydrogen-bond acceptors (Lipinski definition) is 5. The van der Waals surface area contributed by atoms with Crippen molar-refractivity contribution in [2.45, 2.75) is 58.6 Å². The van der Waals surface area contributed by atoms with Crippen LogP contribution in [0, 0.1) is 6.92 Å². The molecule has 1 aromatic rings. The van der Waals surface area contributed by atoms with Gasteiger partial charge in [0.2, 0.25) is 0 Å². The fraction of sp³-hybridized carbons (Fsp3) is 0.588. The summed E-state index contributed by atoms with van der Waals surface area (Å²) in [6, 6.07) is 3.37. The second-order valence-electron chi connectivity index (χ2n) is 6.45. The summed E-state index contributed by atoms with van der Waals surface area (Å²) in [5.41, 5.74) is 1.42. The van der Waals surface area contributed by atoms with Gasteiger partial charge in [-0.15, -0.1) is 0 Å². The van der Waals surface area contributed by atoms with Crippen molar-refractivity contribution >= 4 is 18.1 Å². The average molecular weight is 321 g/mol. The second kappa shape index (κ2) is 9.12. The van der Waals surface area contributed by atoms with E-state index in [2.05, 4.69) is 15.6 Å². The van der Waals surface area contributed by atoms with Gasteiger partial charge in [0.15, 0.2) is 0 Å². The summed E-state index contributed by atoms with van der Waals surface area (Å²) in [6.07, 6.45) is 4.27. The van der Waals surface area contributed by atoms with Crippen LogP contribution in [0.1, 0.15) is 45.7 Å². The molecule has 1 heterocycles. The summed E-state index contributed by atoms with van der Waals surface area (Å²) in [4.78, 5) is 26.9. The highest BCUT2D eigenvalue weighted by Gasteiger charge is 2.18. The Hall–Kier alpha value is -2.11. The lowest BCUT2D eigenvalue weighted by molar-refractivity contribution is -0.109. The van der Waals surface area contributed by atoms with E-state index in [0.717, 1.165) is 37.1 Å². The normalized spacial score (nSPS) is 12.3. The molecule has 0 aliphatic rings. The fourth-order valence-electron chi connectivity index (χ4n) is 2.02. The van der Waals surface area contributed by atoms with E-state index in [4.69, 9.17) is 4.74 Å². The molecule has 128 valence electrons. The number of alkyl carbamates (subject to hydrolysis) is 1. The topological polar surface area (TPSA) is 80.3 Å². The number of aromatic nitrogens is 1. The molecule has 6 nitrogen and oxygen atoms in total. The molecule has 1 aromatic heterocycles. The number of hydrogen-bond donors (Lipinski definition) is 2. The molecule has 0 bridgehead atoms. The number of carbonyl (C=O) groups is 2. The summed E-state index contributed by atoms with van der Waals surface area (Å²) in [5, 5.41) is 5.89. The molecule has 0 saturated carbocycles. The highest BCUT2D eigenvalue weighted by atomic mass is 16.6. The molecule has 0 unspecified atom stereocenters. The molecule has 1 rings (SSSR count). The van der Waals surface area contributed by atoms with E-state index in [1.807, 2.05) is 19.1 Å². The van der Waals surface area contributed by atoms with Crippen molar-refractivity contribution in [3.63, 3.8) is 0 Å². The summed E-state index contributed by atoms with van der Waals surface area (Å²) in [6.45, 7) is 8.11. The monoisotopic (exact) mass is 321 g/mol. The molecule has 0 aliphatic heterocycles. The Morgan fingerprint density at radius 2 is 2.13 bits per heavy atom. The van der Waals surface area contributed by atoms with Gasteiger partial charge in [-0.05, 0) is 59.1 Å². The molecule has 1 atom stereocenters. The van der Waals surface area contributed by atoms with E-state index in [0.29, 0.717) is 6.42 Å². The van der Waals surface area contributed by atoms with Crippen LogP contribution in [-0.2, 0) is 9.53 Å². The van der Waals surface area contributed by atoms with Crippen molar-refractivity contribution in [1.29, 1.82) is 0 Å². The maximum Gasteiger partial charge on any atom is 0.408 e. The van der Waals surface area contributed by atoms with E-state index in [9.17, 15) is 9.59 Å². The first kappa shape index (κ1) is 18.9. The quantitative estimate of drug-likeness (QED) is 0.568. The molecule has 0 radical (unpaired) electrons. The zero-order valence-corrected chi connectivity index (χ0v) is 14.4. The van der Waals surface area contributed by atoms with Crippen LogP contribution in [0.5, 0.6) is 0 Å². The lowest BCUT2D eigenvalue weighted by Crippen LogP contribution is -2.40. The molecule has 1 amide bonds. The van der Waals surface area contributed by atoms with Gasteiger partial charge in [-0.25, -0.2) is 4.79 Å². The van der Waals surface area contributed by atoms with Gasteiger partial charge in [0.05, 0.1) is 17.4 Å². The Kier molecular flexibility index (Phi) is 7.51. The van der Waals surface area contributed by atoms with Gasteiger partial charge in [-0.1, -0.05) is 0 Å². The van der Waals surface area contributed by atoms with Gasteiger partial charge >= 0.3 is 6.09 Å². The van der Waals surface area contributed by atoms with Crippen LogP contribution < -0.4 is 10.6 Å². The van der Waals surface area contributed by atoms with Gasteiger partial charge in [0, 0.05) is 12.7 Å². The van der Waals surface area contributed by atoms with Crippen molar-refractivity contribution in [3.05, 3.63) is 24.0 Å². The van der Waals surface area contributed by atoms with Crippen molar-refractivity contribution < 1.29 is 14.3 Å². The van der Waals surface area contributed by atoms with Crippen molar-refractivity contribution in [2.75, 3.05) is 11.9 Å². The second-order valence-corrected chi connectivity index (χ2v) is 6.45. The number of carbonyl (C=O) groups excluding carboxylic acids is 2. The lowest BCUT2D eigenvalue weighted by atomic mass is 10.1. The van der Waals surface area contributed by atoms with Crippen LogP contribution in [0.25, 0.3) is 0 Å². The maximum absolute atomic E-state index is 11.6. The number of anilines is 1. The number of unbranched alkanes of at least 4 members (excludes halogenated alkanes) is 1. The Bertz CT molecular complexity index is 512. The Morgan fingerprint density at radius 3 is 2.74 bits per heavy atom. The van der Waals surface area contributed by atoms with E-state index < -0.39 is 17.7 Å². The number of aryl methyl sites for hydroxylation is 1. The number of pyridine rings is 1. The fourth-order valence-corrected chi connectivity index (χ4v) is 2.02. The zero-order chi connectivity index (χ0) is 17.3. The maximum atomic E-state index is 11.6. The van der Waals surface area contributed by atoms with Gasteiger partial charge in [0.25, 0.3) is 0 Å². The smallest absolute Gasteiger partial charge is 0.408 e. The molecule has 0 saturated heterocycles. The Balaban J connectivity index is 2.24. The third-order valence-corrected chi connectivity index (χ3v) is 3.13. The van der Waals surface area contributed by atoms with Gasteiger partial charge in [-0.2, -0.15) is 0 Å². The molecule has 6 heteroatoms. The number of nitrogens with one attached hydrogen (secondary N) is 2. The molecule has 0 spiro atoms. The van der Waals surface area contributed by atoms with Gasteiger partial charge < -0.3 is 20.2 Å². The third kappa shape index (κ3) is 8.18. The molecule has 0 aromatic carbocycles. The molecule has 23 heavy (non-hydrogen) atoms. The van der Waals surface area contributed by atoms with Gasteiger partial charge in [-0.3, -0.25) is 4.98 Å². The van der Waals surface area contributed by atoms with Crippen LogP contribution in [0.3, 0.4) is 0 Å². The first-order valence-electron chi connectivity index (χ1n) is 7.92. The van der Waals surface area contributed by atoms with Crippen LogP contribution in [0.4, 0.5) is 10.5 Å². The average Bonchev–Trinajstić information content (AvgIpc) is 2.45. The van der Waals surface area contributed by atoms with E-state index in [1.165, 1.54) is 0 Å². The minimum absolute atomic E-state index is 0.509. The summed E-state index contributed by atoms with van der Waals surface area (Å²) in [5.74, 6) is 0. The van der Waals surface area contributed by atoms with Crippen LogP contribution in [0.15, 0.2) is 18.3 Å². The largest absolute Gasteiger partial charge is 0.444 e. The summed E-state index contributed by atoms with van der Waals surface area (Å²) in [7, 11) is 0. The first-order valence-corrected chi connectivity index (χ1v) is 7.92. The zero-order valence-electron chi connectivity index (χ0n) is 14.4. The standard InChI is InChI=1S/C17H27N3O3/c1-13-15(9-7-11-18-13)19-10-6-5-8-14(12-21)20-16(22)23-17(2,3)4/h7,9,11-12,14,19H,5-6,8,10H2,1-4H3,(H,20,22)/t14-/m0/s1. The number of aldehydes is 1. The third-order valence-electron chi connectivity index (χ3n) is 3.13. The Labute approximate surface area is 138 Å². The van der Waals surface area contributed by atoms with Crippen molar-refractivity contribution in [3.8, 4) is 0 Å². The van der Waals surface area contributed by atoms with Crippen molar-refractivity contribution in [1.82, 2.24) is 10.3 Å². The molecule has 0 fully saturated rings. The van der Waals surface area contributed by atoms with E-state index >= 15 is 0 Å². The van der Waals surface area contributed by atoms with Crippen LogP contribution in [0.2, 0.25) is 0 Å². The highest BCUT2D eigenvalue weighted by molar-refractivity contribution is 5.73. The Morgan fingerprint density at radius 1 is 1.39 bits per heavy atom. The molecular weight excluding hydrogens is 294 g/mol. The predicted molar refractivity (Wildman–Crippen MR) is 90.5 cm³/mol. The summed E-state index contributed by atoms with van der Waals surface area (Å²) >= 11 is 0. The number of ether oxygens (including phenoxy) is 1. The SMILES string of the molecule is Cc1ncccc1NCCCC[C@@H](C=O)NC(=O)OC(C)(C)C. The number of amides is 1. The predicted octanol–water partition coefficient (Wildman–Crippen LogP) is 3.06.